The van der Waals surface area contributed by atoms with E-state index in [-0.39, 0.29) is 17.2 Å². The Balaban J connectivity index is 1.68. The van der Waals surface area contributed by atoms with E-state index in [9.17, 15) is 13.2 Å². The molecule has 23 heavy (non-hydrogen) atoms. The molecule has 6 nitrogen and oxygen atoms in total. The molecule has 0 N–H and O–H groups in total. The van der Waals surface area contributed by atoms with Gasteiger partial charge in [0.2, 0.25) is 15.9 Å². The second kappa shape index (κ2) is 5.12. The lowest BCUT2D eigenvalue weighted by atomic mass is 10.2. The van der Waals surface area contributed by atoms with Crippen LogP contribution >= 0.6 is 11.3 Å². The van der Waals surface area contributed by atoms with Crippen molar-refractivity contribution in [3.8, 4) is 0 Å². The Kier molecular flexibility index (Phi) is 3.29. The van der Waals surface area contributed by atoms with E-state index in [1.165, 1.54) is 15.6 Å². The Morgan fingerprint density at radius 1 is 1.30 bits per heavy atom. The number of sulfonamides is 1. The molecule has 2 aliphatic rings. The number of nitrogens with zero attached hydrogens (tertiary/aromatic N) is 3. The summed E-state index contributed by atoms with van der Waals surface area (Å²) in [6, 6.07) is 4.94. The van der Waals surface area contributed by atoms with Crippen LogP contribution in [-0.4, -0.2) is 37.2 Å². The van der Waals surface area contributed by atoms with Crippen LogP contribution in [0.5, 0.6) is 0 Å². The summed E-state index contributed by atoms with van der Waals surface area (Å²) < 4.78 is 27.3. The average Bonchev–Trinajstić information content (AvgIpc) is 3.11. The van der Waals surface area contributed by atoms with E-state index in [4.69, 9.17) is 0 Å². The summed E-state index contributed by atoms with van der Waals surface area (Å²) in [5.41, 5.74) is 4.33. The fraction of sp³-hybridized carbons (Fsp3) is 0.333. The second-order valence-corrected chi connectivity index (χ2v) is 8.61. The predicted molar refractivity (Wildman–Crippen MR) is 87.0 cm³/mol. The van der Waals surface area contributed by atoms with Crippen molar-refractivity contribution < 1.29 is 13.2 Å². The van der Waals surface area contributed by atoms with Crippen LogP contribution in [0.25, 0.3) is 0 Å². The van der Waals surface area contributed by atoms with Crippen molar-refractivity contribution in [3.63, 3.8) is 0 Å². The van der Waals surface area contributed by atoms with Gasteiger partial charge in [0.25, 0.3) is 0 Å². The lowest BCUT2D eigenvalue weighted by molar-refractivity contribution is -0.117. The molecule has 1 amide bonds. The number of anilines is 1. The summed E-state index contributed by atoms with van der Waals surface area (Å²) in [6.45, 7) is 0.813. The quantitative estimate of drug-likeness (QED) is 0.822. The Morgan fingerprint density at radius 3 is 2.96 bits per heavy atom. The summed E-state index contributed by atoms with van der Waals surface area (Å²) in [4.78, 5) is 18.9. The van der Waals surface area contributed by atoms with Crippen molar-refractivity contribution in [2.24, 2.45) is 0 Å². The third-order valence-electron chi connectivity index (χ3n) is 4.41. The second-order valence-electron chi connectivity index (χ2n) is 5.73. The molecule has 0 saturated heterocycles. The minimum Gasteiger partial charge on any atom is -0.315 e. The lowest BCUT2D eigenvalue weighted by Crippen LogP contribution is -2.35. The van der Waals surface area contributed by atoms with Crippen LogP contribution in [0.3, 0.4) is 0 Å². The van der Waals surface area contributed by atoms with Gasteiger partial charge in [0.15, 0.2) is 0 Å². The number of thiazole rings is 1. The third-order valence-corrected chi connectivity index (χ3v) is 7.11. The SMILES string of the molecule is CN1C(=O)Cc2cc(S(=O)(=O)N3CCc4ncsc4C3)ccc21. The maximum absolute atomic E-state index is 12.9. The zero-order valence-electron chi connectivity index (χ0n) is 12.5. The van der Waals surface area contributed by atoms with Crippen LogP contribution in [0, 0.1) is 0 Å². The minimum absolute atomic E-state index is 0.0122. The Hall–Kier alpha value is -1.77. The van der Waals surface area contributed by atoms with E-state index in [0.717, 1.165) is 21.8 Å². The standard InChI is InChI=1S/C15H15N3O3S2/c1-17-13-3-2-11(6-10(13)7-15(17)19)23(20,21)18-5-4-12-14(8-18)22-9-16-12/h2-3,6,9H,4-5,7-8H2,1H3. The first-order valence-corrected chi connectivity index (χ1v) is 9.59. The fourth-order valence-electron chi connectivity index (χ4n) is 3.06. The van der Waals surface area contributed by atoms with Crippen molar-refractivity contribution in [3.05, 3.63) is 39.8 Å². The molecular formula is C15H15N3O3S2. The number of hydrogen-bond donors (Lipinski definition) is 0. The van der Waals surface area contributed by atoms with Crippen LogP contribution in [-0.2, 0) is 34.2 Å². The molecule has 2 aliphatic heterocycles. The number of likely N-dealkylation sites (N-methyl/N-ethyl adjacent to an activating group) is 1. The van der Waals surface area contributed by atoms with Gasteiger partial charge in [-0.05, 0) is 23.8 Å². The van der Waals surface area contributed by atoms with Crippen molar-refractivity contribution >= 4 is 33.0 Å². The highest BCUT2D eigenvalue weighted by Crippen LogP contribution is 2.32. The number of carbonyl (C=O) groups excluding carboxylic acids is 1. The van der Waals surface area contributed by atoms with Gasteiger partial charge in [-0.1, -0.05) is 0 Å². The summed E-state index contributed by atoms with van der Waals surface area (Å²) >= 11 is 1.49. The van der Waals surface area contributed by atoms with E-state index >= 15 is 0 Å². The molecule has 8 heteroatoms. The largest absolute Gasteiger partial charge is 0.315 e. The average molecular weight is 349 g/mol. The number of fused-ring (bicyclic) bond motifs is 2. The first-order valence-electron chi connectivity index (χ1n) is 7.27. The Labute approximate surface area is 138 Å². The van der Waals surface area contributed by atoms with Crippen molar-refractivity contribution in [1.82, 2.24) is 9.29 Å². The Bertz CT molecular complexity index is 904. The molecule has 0 atom stereocenters. The number of carbonyl (C=O) groups is 1. The number of rotatable bonds is 2. The Morgan fingerprint density at radius 2 is 2.13 bits per heavy atom. The molecular weight excluding hydrogens is 334 g/mol. The molecule has 0 spiro atoms. The summed E-state index contributed by atoms with van der Waals surface area (Å²) in [7, 11) is -1.85. The van der Waals surface area contributed by atoms with Crippen molar-refractivity contribution in [2.75, 3.05) is 18.5 Å². The van der Waals surface area contributed by atoms with Gasteiger partial charge in [0, 0.05) is 30.6 Å². The first kappa shape index (κ1) is 14.8. The molecule has 0 bridgehead atoms. The number of aromatic nitrogens is 1. The van der Waals surface area contributed by atoms with E-state index < -0.39 is 10.0 Å². The number of benzene rings is 1. The normalized spacial score (nSPS) is 18.1. The van der Waals surface area contributed by atoms with Gasteiger partial charge >= 0.3 is 0 Å². The number of hydrogen-bond acceptors (Lipinski definition) is 5. The van der Waals surface area contributed by atoms with Crippen molar-refractivity contribution in [1.29, 1.82) is 0 Å². The molecule has 0 aliphatic carbocycles. The monoisotopic (exact) mass is 349 g/mol. The molecule has 3 heterocycles. The summed E-state index contributed by atoms with van der Waals surface area (Å²) in [6.07, 6.45) is 0.901. The van der Waals surface area contributed by atoms with E-state index in [0.29, 0.717) is 19.5 Å². The van der Waals surface area contributed by atoms with Gasteiger partial charge in [-0.3, -0.25) is 4.79 Å². The van der Waals surface area contributed by atoms with Crippen LogP contribution in [0.1, 0.15) is 16.1 Å². The molecule has 0 saturated carbocycles. The van der Waals surface area contributed by atoms with Crippen LogP contribution in [0.4, 0.5) is 5.69 Å². The molecule has 1 aromatic carbocycles. The fourth-order valence-corrected chi connectivity index (χ4v) is 5.43. The molecule has 4 rings (SSSR count). The molecule has 120 valence electrons. The van der Waals surface area contributed by atoms with Gasteiger partial charge in [-0.25, -0.2) is 13.4 Å². The third kappa shape index (κ3) is 2.29. The minimum atomic E-state index is -3.56. The topological polar surface area (TPSA) is 70.6 Å². The van der Waals surface area contributed by atoms with Gasteiger partial charge in [0.1, 0.15) is 0 Å². The predicted octanol–water partition coefficient (Wildman–Crippen LogP) is 1.41. The first-order chi connectivity index (χ1) is 11.0. The molecule has 1 aromatic heterocycles. The van der Waals surface area contributed by atoms with Crippen LogP contribution in [0.2, 0.25) is 0 Å². The lowest BCUT2D eigenvalue weighted by Gasteiger charge is -2.25. The molecule has 0 radical (unpaired) electrons. The highest BCUT2D eigenvalue weighted by Gasteiger charge is 2.31. The van der Waals surface area contributed by atoms with Crippen LogP contribution < -0.4 is 4.90 Å². The molecule has 0 fully saturated rings. The smallest absolute Gasteiger partial charge is 0.243 e. The zero-order valence-corrected chi connectivity index (χ0v) is 14.2. The maximum Gasteiger partial charge on any atom is 0.243 e. The zero-order chi connectivity index (χ0) is 16.2. The highest BCUT2D eigenvalue weighted by molar-refractivity contribution is 7.89. The van der Waals surface area contributed by atoms with Gasteiger partial charge in [0.05, 0.1) is 29.1 Å². The van der Waals surface area contributed by atoms with Crippen LogP contribution in [0.15, 0.2) is 28.6 Å². The number of amides is 1. The van der Waals surface area contributed by atoms with Gasteiger partial charge < -0.3 is 4.90 Å². The maximum atomic E-state index is 12.9. The van der Waals surface area contributed by atoms with E-state index in [2.05, 4.69) is 4.98 Å². The van der Waals surface area contributed by atoms with E-state index in [1.54, 1.807) is 35.7 Å². The summed E-state index contributed by atoms with van der Waals surface area (Å²) in [5.74, 6) is -0.0122. The van der Waals surface area contributed by atoms with E-state index in [1.807, 2.05) is 0 Å². The van der Waals surface area contributed by atoms with Crippen molar-refractivity contribution in [2.45, 2.75) is 24.3 Å². The summed E-state index contributed by atoms with van der Waals surface area (Å²) in [5, 5.41) is 0. The van der Waals surface area contributed by atoms with Gasteiger partial charge in [-0.2, -0.15) is 4.31 Å². The van der Waals surface area contributed by atoms with Gasteiger partial charge in [-0.15, -0.1) is 11.3 Å². The molecule has 0 unspecified atom stereocenters. The highest BCUT2D eigenvalue weighted by atomic mass is 32.2. The molecule has 2 aromatic rings.